The Bertz CT molecular complexity index is 1100. The lowest BCUT2D eigenvalue weighted by molar-refractivity contribution is -0.116. The lowest BCUT2D eigenvalue weighted by Crippen LogP contribution is -2.23. The number of benzene rings is 1. The number of amides is 2. The summed E-state index contributed by atoms with van der Waals surface area (Å²) in [6, 6.07) is 5.73. The molecule has 0 saturated carbocycles. The topological polar surface area (TPSA) is 121 Å². The smallest absolute Gasteiger partial charge is 0.411 e. The number of allylic oxidation sites excluding steroid dienone is 1. The van der Waals surface area contributed by atoms with E-state index < -0.39 is 20.2 Å². The molecule has 0 fully saturated rings. The van der Waals surface area contributed by atoms with Crippen LogP contribution in [0.15, 0.2) is 30.4 Å². The van der Waals surface area contributed by atoms with Crippen LogP contribution in [0.3, 0.4) is 0 Å². The Hall–Kier alpha value is -2.66. The molecular formula is C24H34ClN5O4Si. The summed E-state index contributed by atoms with van der Waals surface area (Å²) in [5, 5.41) is 5.91. The van der Waals surface area contributed by atoms with Crippen LogP contribution >= 0.6 is 11.6 Å². The van der Waals surface area contributed by atoms with Crippen LogP contribution < -0.4 is 16.4 Å². The summed E-state index contributed by atoms with van der Waals surface area (Å²) in [6.45, 7) is 7.75. The Morgan fingerprint density at radius 2 is 2.11 bits per heavy atom. The van der Waals surface area contributed by atoms with Gasteiger partial charge in [0.25, 0.3) is 0 Å². The van der Waals surface area contributed by atoms with Crippen molar-refractivity contribution in [3.8, 4) is 11.3 Å². The molecule has 2 heterocycles. The number of methoxy groups -OCH3 is 1. The summed E-state index contributed by atoms with van der Waals surface area (Å²) in [7, 11) is 0.0400. The molecule has 1 aromatic heterocycles. The maximum atomic E-state index is 12.6. The molecule has 2 amide bonds. The Morgan fingerprint density at radius 1 is 1.34 bits per heavy atom. The van der Waals surface area contributed by atoms with E-state index in [1.165, 1.54) is 7.11 Å². The highest BCUT2D eigenvalue weighted by molar-refractivity contribution is 6.76. The minimum absolute atomic E-state index is 0.167. The second kappa shape index (κ2) is 11.8. The van der Waals surface area contributed by atoms with E-state index in [1.54, 1.807) is 22.8 Å². The van der Waals surface area contributed by atoms with Crippen LogP contribution in [0.1, 0.15) is 31.1 Å². The number of anilines is 2. The molecule has 35 heavy (non-hydrogen) atoms. The molecule has 1 atom stereocenters. The van der Waals surface area contributed by atoms with Crippen LogP contribution in [0.4, 0.5) is 16.2 Å². The third-order valence-corrected chi connectivity index (χ3v) is 7.65. The van der Waals surface area contributed by atoms with Gasteiger partial charge in [-0.3, -0.25) is 14.7 Å². The minimum Gasteiger partial charge on any atom is -0.453 e. The van der Waals surface area contributed by atoms with Crippen LogP contribution in [0.25, 0.3) is 11.3 Å². The van der Waals surface area contributed by atoms with E-state index in [0.29, 0.717) is 59.5 Å². The second-order valence-corrected chi connectivity index (χ2v) is 15.6. The molecule has 190 valence electrons. The van der Waals surface area contributed by atoms with E-state index in [1.807, 2.05) is 12.2 Å². The molecule has 4 N–H and O–H groups in total. The molecule has 9 nitrogen and oxygen atoms in total. The summed E-state index contributed by atoms with van der Waals surface area (Å²) < 4.78 is 12.4. The Kier molecular flexibility index (Phi) is 9.12. The number of imidazole rings is 1. The number of nitrogens with zero attached hydrogens (tertiary/aromatic N) is 2. The van der Waals surface area contributed by atoms with Crippen molar-refractivity contribution in [3.05, 3.63) is 41.3 Å². The monoisotopic (exact) mass is 519 g/mol. The van der Waals surface area contributed by atoms with Gasteiger partial charge in [-0.05, 0) is 37.1 Å². The zero-order valence-corrected chi connectivity index (χ0v) is 22.4. The molecule has 2 bridgehead atoms. The van der Waals surface area contributed by atoms with Gasteiger partial charge in [0.2, 0.25) is 5.91 Å². The van der Waals surface area contributed by atoms with Gasteiger partial charge < -0.3 is 20.5 Å². The van der Waals surface area contributed by atoms with Gasteiger partial charge in [-0.15, -0.1) is 0 Å². The highest BCUT2D eigenvalue weighted by Gasteiger charge is 2.24. The summed E-state index contributed by atoms with van der Waals surface area (Å²) in [6.07, 6.45) is 4.72. The van der Waals surface area contributed by atoms with Crippen molar-refractivity contribution >= 4 is 43.1 Å². The fourth-order valence-electron chi connectivity index (χ4n) is 3.55. The lowest BCUT2D eigenvalue weighted by atomic mass is 10.1. The van der Waals surface area contributed by atoms with E-state index in [-0.39, 0.29) is 12.6 Å². The van der Waals surface area contributed by atoms with Gasteiger partial charge in [-0.1, -0.05) is 43.4 Å². The van der Waals surface area contributed by atoms with Gasteiger partial charge in [-0.2, -0.15) is 0 Å². The molecule has 0 unspecified atom stereocenters. The zero-order chi connectivity index (χ0) is 25.6. The predicted molar refractivity (Wildman–Crippen MR) is 141 cm³/mol. The number of ether oxygens (including phenoxy) is 2. The normalized spacial score (nSPS) is 17.3. The van der Waals surface area contributed by atoms with Gasteiger partial charge in [0.15, 0.2) is 0 Å². The minimum atomic E-state index is -1.24. The van der Waals surface area contributed by atoms with Crippen molar-refractivity contribution < 1.29 is 19.1 Å². The second-order valence-electron chi connectivity index (χ2n) is 9.66. The number of hydrogen-bond acceptors (Lipinski definition) is 6. The first-order valence-electron chi connectivity index (χ1n) is 11.6. The fraction of sp³-hybridized carbons (Fsp3) is 0.458. The van der Waals surface area contributed by atoms with Crippen molar-refractivity contribution in [2.75, 3.05) is 24.4 Å². The van der Waals surface area contributed by atoms with Crippen molar-refractivity contribution in [2.45, 2.75) is 57.7 Å². The molecule has 0 saturated heterocycles. The summed E-state index contributed by atoms with van der Waals surface area (Å²) in [5.74, 6) is 0.441. The first-order valence-corrected chi connectivity index (χ1v) is 15.7. The number of halogens is 1. The lowest BCUT2D eigenvalue weighted by Gasteiger charge is -2.17. The Morgan fingerprint density at radius 3 is 2.83 bits per heavy atom. The first-order chi connectivity index (χ1) is 16.6. The summed E-state index contributed by atoms with van der Waals surface area (Å²) in [5.41, 5.74) is 8.52. The number of nitrogens with two attached hydrogens (primary N) is 1. The number of carbonyl (C=O) groups is 2. The van der Waals surface area contributed by atoms with Gasteiger partial charge in [0.05, 0.1) is 18.8 Å². The SMILES string of the molecule is COC(=O)Nc1ccc2c(c1)NC(=O)CC/C=C/C[C@H](N)c1nc-2c(Cl)n1COCC[Si](C)(C)C. The van der Waals surface area contributed by atoms with Crippen molar-refractivity contribution in [1.82, 2.24) is 9.55 Å². The van der Waals surface area contributed by atoms with Crippen LogP contribution in [0, 0.1) is 0 Å². The number of nitrogens with one attached hydrogen (secondary N) is 2. The molecule has 11 heteroatoms. The van der Waals surface area contributed by atoms with E-state index in [0.717, 1.165) is 6.04 Å². The summed E-state index contributed by atoms with van der Waals surface area (Å²) >= 11 is 6.83. The van der Waals surface area contributed by atoms with Gasteiger partial charge in [-0.25, -0.2) is 9.78 Å². The maximum Gasteiger partial charge on any atom is 0.411 e. The maximum absolute atomic E-state index is 12.6. The molecule has 1 aliphatic heterocycles. The number of rotatable bonds is 6. The van der Waals surface area contributed by atoms with Gasteiger partial charge >= 0.3 is 6.09 Å². The molecule has 0 aliphatic carbocycles. The molecular weight excluding hydrogens is 486 g/mol. The average molecular weight is 520 g/mol. The van der Waals surface area contributed by atoms with E-state index in [2.05, 4.69) is 35.0 Å². The van der Waals surface area contributed by atoms with Crippen molar-refractivity contribution in [1.29, 1.82) is 0 Å². The van der Waals surface area contributed by atoms with Crippen LogP contribution in [0.5, 0.6) is 0 Å². The average Bonchev–Trinajstić information content (AvgIpc) is 3.11. The number of fused-ring (bicyclic) bond motifs is 4. The van der Waals surface area contributed by atoms with E-state index in [9.17, 15) is 9.59 Å². The molecule has 3 rings (SSSR count). The molecule has 1 aliphatic rings. The van der Waals surface area contributed by atoms with Crippen molar-refractivity contribution in [2.24, 2.45) is 5.73 Å². The highest BCUT2D eigenvalue weighted by Crippen LogP contribution is 2.37. The van der Waals surface area contributed by atoms with Gasteiger partial charge in [0, 0.05) is 32.4 Å². The fourth-order valence-corrected chi connectivity index (χ4v) is 4.59. The third-order valence-electron chi connectivity index (χ3n) is 5.56. The Balaban J connectivity index is 2.03. The molecule has 0 radical (unpaired) electrons. The van der Waals surface area contributed by atoms with E-state index in [4.69, 9.17) is 27.1 Å². The van der Waals surface area contributed by atoms with Crippen LogP contribution in [0.2, 0.25) is 30.8 Å². The number of aromatic nitrogens is 2. The number of hydrogen-bond donors (Lipinski definition) is 3. The van der Waals surface area contributed by atoms with E-state index >= 15 is 0 Å². The standard InChI is InChI=1S/C24H34ClN5O4Si/c1-33-24(32)27-16-10-11-17-19(14-16)28-20(31)9-7-5-6-8-18(26)23-29-21(17)22(25)30(23)15-34-12-13-35(2,3)4/h5-6,10-11,14,18H,7-9,12-13,15,26H2,1-4H3,(H,27,32)(H,28,31)/b6-5+/t18-/m0/s1. The molecule has 2 aromatic rings. The summed E-state index contributed by atoms with van der Waals surface area (Å²) in [4.78, 5) is 29.1. The zero-order valence-electron chi connectivity index (χ0n) is 20.7. The quantitative estimate of drug-likeness (QED) is 0.268. The highest BCUT2D eigenvalue weighted by atomic mass is 35.5. The Labute approximate surface area is 212 Å². The molecule has 0 spiro atoms. The largest absolute Gasteiger partial charge is 0.453 e. The molecule has 1 aromatic carbocycles. The van der Waals surface area contributed by atoms with Crippen LogP contribution in [-0.4, -0.2) is 43.3 Å². The third kappa shape index (κ3) is 7.41. The van der Waals surface area contributed by atoms with Gasteiger partial charge in [0.1, 0.15) is 23.4 Å². The van der Waals surface area contributed by atoms with Crippen LogP contribution in [-0.2, 0) is 21.0 Å². The first kappa shape index (κ1) is 26.9. The van der Waals surface area contributed by atoms with Crippen molar-refractivity contribution in [3.63, 3.8) is 0 Å². The number of carbonyl (C=O) groups excluding carboxylic acids is 2. The predicted octanol–water partition coefficient (Wildman–Crippen LogP) is 5.37.